The van der Waals surface area contributed by atoms with Crippen molar-refractivity contribution < 1.29 is 39.7 Å². The van der Waals surface area contributed by atoms with Crippen LogP contribution < -0.4 is 9.24 Å². The van der Waals surface area contributed by atoms with Gasteiger partial charge in [0, 0.05) is 31.9 Å². The van der Waals surface area contributed by atoms with Crippen LogP contribution >= 0.6 is 7.66 Å². The number of alkyl halides is 6. The molecule has 0 N–H and O–H groups in total. The summed E-state index contributed by atoms with van der Waals surface area (Å²) in [5, 5.41) is 0. The van der Waals surface area contributed by atoms with Crippen LogP contribution in [0, 0.1) is 0 Å². The van der Waals surface area contributed by atoms with Crippen LogP contribution in [0.4, 0.5) is 32.0 Å². The summed E-state index contributed by atoms with van der Waals surface area (Å²) in [6.07, 6.45) is -6.85. The number of rotatable bonds is 7. The molecule has 13 heteroatoms. The van der Waals surface area contributed by atoms with E-state index in [0.29, 0.717) is 5.69 Å². The Bertz CT molecular complexity index is 649. The Hall–Kier alpha value is -1.10. The fraction of sp³-hybridized carbons (Fsp3) is 0.643. The highest BCUT2D eigenvalue weighted by atomic mass is 31.2. The van der Waals surface area contributed by atoms with E-state index < -0.39 is 41.5 Å². The quantitative estimate of drug-likeness (QED) is 0.348. The second-order valence-corrected chi connectivity index (χ2v) is 14.0. The first-order valence-electron chi connectivity index (χ1n) is 7.79. The van der Waals surface area contributed by atoms with Gasteiger partial charge in [0.25, 0.3) is 0 Å². The molecular formula is C14H23F6N3O2PSi+. The Morgan fingerprint density at radius 1 is 0.963 bits per heavy atom. The third-order valence-corrected chi connectivity index (χ3v) is 8.02. The van der Waals surface area contributed by atoms with Crippen molar-refractivity contribution >= 4 is 21.6 Å². The SMILES string of the molecule is CN(C)c1cc[n+](P(=N[Si](C)(C)C)(OCC(F)(F)F)OCC(F)(F)F)cc1. The fourth-order valence-electron chi connectivity index (χ4n) is 1.85. The minimum Gasteiger partial charge on any atom is -0.377 e. The molecule has 0 radical (unpaired) electrons. The van der Waals surface area contributed by atoms with Crippen LogP contribution in [0.15, 0.2) is 28.9 Å². The lowest BCUT2D eigenvalue weighted by Crippen LogP contribution is -2.38. The summed E-state index contributed by atoms with van der Waals surface area (Å²) in [7, 11) is -3.12. The molecule has 0 atom stereocenters. The topological polar surface area (TPSA) is 37.9 Å². The van der Waals surface area contributed by atoms with Gasteiger partial charge in [0.2, 0.25) is 0 Å². The van der Waals surface area contributed by atoms with E-state index in [1.54, 1.807) is 38.6 Å². The van der Waals surface area contributed by atoms with Crippen molar-refractivity contribution in [3.8, 4) is 0 Å². The van der Waals surface area contributed by atoms with Gasteiger partial charge in [0.05, 0.1) is 0 Å². The molecule has 1 rings (SSSR count). The van der Waals surface area contributed by atoms with E-state index in [2.05, 4.69) is 4.41 Å². The lowest BCUT2D eigenvalue weighted by Gasteiger charge is -2.23. The minimum atomic E-state index is -4.74. The molecule has 0 saturated carbocycles. The van der Waals surface area contributed by atoms with Crippen LogP contribution in [0.5, 0.6) is 0 Å². The van der Waals surface area contributed by atoms with Crippen molar-refractivity contribution in [3.63, 3.8) is 0 Å². The molecule has 0 unspecified atom stereocenters. The molecule has 0 fully saturated rings. The zero-order valence-corrected chi connectivity index (χ0v) is 17.5. The summed E-state index contributed by atoms with van der Waals surface area (Å²) in [5.41, 5.74) is 0.698. The number of nitrogens with zero attached hydrogens (tertiary/aromatic N) is 3. The smallest absolute Gasteiger partial charge is 0.377 e. The Morgan fingerprint density at radius 2 is 1.37 bits per heavy atom. The predicted octanol–water partition coefficient (Wildman–Crippen LogP) is 4.83. The molecule has 0 aromatic carbocycles. The van der Waals surface area contributed by atoms with E-state index in [-0.39, 0.29) is 0 Å². The van der Waals surface area contributed by atoms with Gasteiger partial charge >= 0.3 is 20.0 Å². The van der Waals surface area contributed by atoms with E-state index in [1.807, 2.05) is 0 Å². The van der Waals surface area contributed by atoms with Gasteiger partial charge in [-0.2, -0.15) is 26.3 Å². The Morgan fingerprint density at radius 3 is 1.67 bits per heavy atom. The van der Waals surface area contributed by atoms with E-state index in [1.165, 1.54) is 24.5 Å². The predicted molar refractivity (Wildman–Crippen MR) is 93.1 cm³/mol. The first kappa shape index (κ1) is 23.9. The lowest BCUT2D eigenvalue weighted by atomic mass is 10.4. The summed E-state index contributed by atoms with van der Waals surface area (Å²) in [5.74, 6) is 0. The molecule has 0 aliphatic carbocycles. The molecule has 0 aliphatic rings. The zero-order valence-electron chi connectivity index (χ0n) is 15.6. The van der Waals surface area contributed by atoms with Gasteiger partial charge in [-0.25, -0.2) is 4.41 Å². The van der Waals surface area contributed by atoms with Crippen LogP contribution in [0.3, 0.4) is 0 Å². The van der Waals surface area contributed by atoms with E-state index in [9.17, 15) is 26.3 Å². The van der Waals surface area contributed by atoms with Crippen LogP contribution in [-0.4, -0.2) is 47.9 Å². The molecule has 1 aromatic heterocycles. The minimum absolute atomic E-state index is 0.698. The van der Waals surface area contributed by atoms with Crippen LogP contribution in [0.1, 0.15) is 0 Å². The molecule has 156 valence electrons. The number of hydrogen-bond donors (Lipinski definition) is 0. The number of hydrogen-bond acceptors (Lipinski definition) is 4. The van der Waals surface area contributed by atoms with Gasteiger partial charge in [-0.1, -0.05) is 0 Å². The molecular weight excluding hydrogens is 415 g/mol. The highest BCUT2D eigenvalue weighted by molar-refractivity contribution is 7.50. The fourth-order valence-corrected chi connectivity index (χ4v) is 7.20. The van der Waals surface area contributed by atoms with Crippen LogP contribution in [0.2, 0.25) is 19.6 Å². The second-order valence-electron chi connectivity index (χ2n) is 6.87. The van der Waals surface area contributed by atoms with E-state index >= 15 is 0 Å². The highest BCUT2D eigenvalue weighted by Gasteiger charge is 2.45. The average Bonchev–Trinajstić information content (AvgIpc) is 2.47. The first-order valence-corrected chi connectivity index (χ1v) is 12.8. The van der Waals surface area contributed by atoms with Gasteiger partial charge < -0.3 is 4.90 Å². The number of pyridine rings is 1. The summed E-state index contributed by atoms with van der Waals surface area (Å²) in [6, 6.07) is 3.06. The molecule has 5 nitrogen and oxygen atoms in total. The molecule has 0 saturated heterocycles. The highest BCUT2D eigenvalue weighted by Crippen LogP contribution is 2.50. The largest absolute Gasteiger partial charge is 0.486 e. The van der Waals surface area contributed by atoms with Crippen molar-refractivity contribution in [1.82, 2.24) is 0 Å². The van der Waals surface area contributed by atoms with Crippen molar-refractivity contribution in [2.75, 3.05) is 32.2 Å². The van der Waals surface area contributed by atoms with Crippen molar-refractivity contribution in [3.05, 3.63) is 24.5 Å². The van der Waals surface area contributed by atoms with Gasteiger partial charge in [-0.15, -0.1) is 4.34 Å². The van der Waals surface area contributed by atoms with Crippen LogP contribution in [-0.2, 0) is 9.05 Å². The summed E-state index contributed by atoms with van der Waals surface area (Å²) in [4.78, 5) is 1.73. The normalized spacial score (nSPS) is 13.6. The van der Waals surface area contributed by atoms with Crippen molar-refractivity contribution in [1.29, 1.82) is 0 Å². The maximum absolute atomic E-state index is 12.7. The van der Waals surface area contributed by atoms with E-state index in [0.717, 1.165) is 4.34 Å². The standard InChI is InChI=1S/C14H23F6N3O2PSi/c1-22(2)12-6-8-23(9-7-12)26(21-27(3,4)5,24-10-13(15,16)17)25-11-14(18,19)20/h6-9H,10-11H2,1-5H3/q+1. The molecule has 27 heavy (non-hydrogen) atoms. The molecule has 1 heterocycles. The van der Waals surface area contributed by atoms with Gasteiger partial charge in [-0.05, 0) is 19.6 Å². The lowest BCUT2D eigenvalue weighted by molar-refractivity contribution is -0.536. The number of anilines is 1. The van der Waals surface area contributed by atoms with Crippen molar-refractivity contribution in [2.45, 2.75) is 32.0 Å². The zero-order chi connectivity index (χ0) is 21.1. The van der Waals surface area contributed by atoms with Gasteiger partial charge in [-0.3, -0.25) is 9.05 Å². The molecule has 0 amide bonds. The third-order valence-electron chi connectivity index (χ3n) is 2.82. The van der Waals surface area contributed by atoms with Crippen LogP contribution in [0.25, 0.3) is 0 Å². The Balaban J connectivity index is 3.50. The van der Waals surface area contributed by atoms with E-state index in [4.69, 9.17) is 9.05 Å². The van der Waals surface area contributed by atoms with Crippen molar-refractivity contribution in [2.24, 2.45) is 4.41 Å². The summed E-state index contributed by atoms with van der Waals surface area (Å²) >= 11 is 0. The molecule has 1 aromatic rings. The Kier molecular flexibility index (Phi) is 7.54. The monoisotopic (exact) mass is 438 g/mol. The summed E-state index contributed by atoms with van der Waals surface area (Å²) in [6.45, 7) is 1.48. The maximum atomic E-state index is 12.7. The summed E-state index contributed by atoms with van der Waals surface area (Å²) < 4.78 is 91.7. The molecule has 0 bridgehead atoms. The number of halogens is 6. The van der Waals surface area contributed by atoms with Gasteiger partial charge in [0.15, 0.2) is 33.8 Å². The average molecular weight is 438 g/mol. The maximum Gasteiger partial charge on any atom is 0.486 e. The third kappa shape index (κ3) is 8.63. The molecule has 0 aliphatic heterocycles. The number of aromatic nitrogens is 1. The van der Waals surface area contributed by atoms with Gasteiger partial charge in [0.1, 0.15) is 0 Å². The second kappa shape index (κ2) is 8.50. The molecule has 0 spiro atoms. The Labute approximate surface area is 155 Å². The first-order chi connectivity index (χ1) is 12.0.